The van der Waals surface area contributed by atoms with E-state index in [0.717, 1.165) is 16.5 Å². The van der Waals surface area contributed by atoms with E-state index in [1.54, 1.807) is 4.57 Å². The van der Waals surface area contributed by atoms with Crippen molar-refractivity contribution < 1.29 is 54.5 Å². The Labute approximate surface area is 390 Å². The van der Waals surface area contributed by atoms with Crippen LogP contribution in [0.2, 0.25) is 0 Å². The topological polar surface area (TPSA) is 131 Å². The number of pyridine rings is 1. The number of anilines is 2. The Kier molecular flexibility index (Phi) is 14.0. The van der Waals surface area contributed by atoms with E-state index in [2.05, 4.69) is 131 Å². The number of aromatic nitrogens is 1. The molecule has 1 aromatic heterocycles. The minimum absolute atomic E-state index is 0.170. The van der Waals surface area contributed by atoms with Gasteiger partial charge in [-0.25, -0.2) is 17.2 Å². The summed E-state index contributed by atoms with van der Waals surface area (Å²) in [5, 5.41) is 12.3. The Morgan fingerprint density at radius 1 is 0.765 bits per heavy atom. The lowest BCUT2D eigenvalue weighted by Gasteiger charge is -2.27. The molecule has 7 aromatic rings. The third-order valence-electron chi connectivity index (χ3n) is 12.0. The number of carboxylic acids is 1. The van der Waals surface area contributed by atoms with Crippen molar-refractivity contribution in [2.45, 2.75) is 62.4 Å². The van der Waals surface area contributed by atoms with Gasteiger partial charge in [-0.05, 0) is 94.6 Å². The second-order valence-corrected chi connectivity index (χ2v) is 17.7. The zero-order chi connectivity index (χ0) is 48.1. The van der Waals surface area contributed by atoms with Gasteiger partial charge in [0.1, 0.15) is 21.0 Å². The predicted molar refractivity (Wildman–Crippen MR) is 248 cm³/mol. The van der Waals surface area contributed by atoms with Crippen molar-refractivity contribution in [3.05, 3.63) is 196 Å². The number of rotatable bonds is 12. The summed E-state index contributed by atoms with van der Waals surface area (Å²) >= 11 is 0. The standard InChI is InChI=1S/C44H36N2O2.C10H8F4O5S/c47-44(48)30-45-27-26-35(37-14-7-8-16-41(37)45)22-18-31-21-25-43-40(29-31)38-15-9-17-42(38)46(43)36-23-19-32(20-24-36)28-39(33-10-3-1-4-11-33)34-12-5-2-6-13-34;1-2-3-4(15)19-9-5(11)7(13)10(20(16,17)18)8(14)6(9)12/h1-8,10-14,16,18-29,38,42H,9,15,17,30H2;2-3H2,1H3,(H,16,17,18)/p-1. The van der Waals surface area contributed by atoms with Gasteiger partial charge in [0.25, 0.3) is 0 Å². The average molecular weight is 940 g/mol. The third kappa shape index (κ3) is 9.97. The van der Waals surface area contributed by atoms with Crippen LogP contribution in [0.3, 0.4) is 0 Å². The molecule has 9 rings (SSSR count). The Bertz CT molecular complexity index is 3130. The molecule has 0 saturated heterocycles. The first-order valence-corrected chi connectivity index (χ1v) is 23.3. The summed E-state index contributed by atoms with van der Waals surface area (Å²) in [6.45, 7) is 1.36. The average Bonchev–Trinajstić information content (AvgIpc) is 3.93. The Morgan fingerprint density at radius 2 is 1.38 bits per heavy atom. The summed E-state index contributed by atoms with van der Waals surface area (Å²) in [7, 11) is -5.79. The number of para-hydroxylation sites is 1. The van der Waals surface area contributed by atoms with Crippen LogP contribution in [0.1, 0.15) is 78.3 Å². The van der Waals surface area contributed by atoms with E-state index in [9.17, 15) is 45.2 Å². The van der Waals surface area contributed by atoms with E-state index < -0.39 is 56.0 Å². The molecule has 1 aliphatic carbocycles. The lowest BCUT2D eigenvalue weighted by molar-refractivity contribution is -0.665. The van der Waals surface area contributed by atoms with Crippen LogP contribution in [0.5, 0.6) is 5.75 Å². The third-order valence-corrected chi connectivity index (χ3v) is 12.8. The summed E-state index contributed by atoms with van der Waals surface area (Å²) in [6.07, 6.45) is 12.0. The van der Waals surface area contributed by atoms with Gasteiger partial charge in [0.05, 0.1) is 5.39 Å². The molecule has 2 atom stereocenters. The van der Waals surface area contributed by atoms with Crippen LogP contribution in [0.4, 0.5) is 28.9 Å². The van der Waals surface area contributed by atoms with Crippen molar-refractivity contribution in [3.63, 3.8) is 0 Å². The quantitative estimate of drug-likeness (QED) is 0.0225. The van der Waals surface area contributed by atoms with Crippen LogP contribution < -0.4 is 19.3 Å². The fraction of sp³-hybridized carbons (Fsp3) is 0.167. The molecule has 14 heteroatoms. The minimum Gasteiger partial charge on any atom is -0.744 e. The summed E-state index contributed by atoms with van der Waals surface area (Å²) in [4.78, 5) is 22.6. The molecule has 0 N–H and O–H groups in total. The first-order valence-electron chi connectivity index (χ1n) is 21.9. The Morgan fingerprint density at radius 3 is 2.00 bits per heavy atom. The fourth-order valence-electron chi connectivity index (χ4n) is 8.97. The van der Waals surface area contributed by atoms with Crippen LogP contribution in [0.25, 0.3) is 34.7 Å². The number of benzene rings is 6. The monoisotopic (exact) mass is 939 g/mol. The summed E-state index contributed by atoms with van der Waals surface area (Å²) in [6, 6.07) is 47.5. The van der Waals surface area contributed by atoms with Crippen LogP contribution in [-0.2, 0) is 26.3 Å². The van der Waals surface area contributed by atoms with E-state index in [0.29, 0.717) is 12.0 Å². The second-order valence-electron chi connectivity index (χ2n) is 16.4. The lowest BCUT2D eigenvalue weighted by atomic mass is 9.95. The molecule has 0 radical (unpaired) electrons. The largest absolute Gasteiger partial charge is 0.744 e. The molecule has 1 saturated carbocycles. The molecule has 0 spiro atoms. The first-order chi connectivity index (χ1) is 32.7. The number of hydrogen-bond acceptors (Lipinski definition) is 8. The molecular formula is C54H43F4N2O7S-. The van der Waals surface area contributed by atoms with E-state index in [4.69, 9.17) is 0 Å². The van der Waals surface area contributed by atoms with Gasteiger partial charge in [0.15, 0.2) is 24.4 Å². The number of carbonyl (C=O) groups is 2. The molecule has 0 bridgehead atoms. The van der Waals surface area contributed by atoms with Gasteiger partial charge in [0.2, 0.25) is 22.9 Å². The van der Waals surface area contributed by atoms with Crippen molar-refractivity contribution in [2.75, 3.05) is 4.90 Å². The lowest BCUT2D eigenvalue weighted by Crippen LogP contribution is -2.44. The molecule has 9 nitrogen and oxygen atoms in total. The molecule has 1 aliphatic heterocycles. The number of fused-ring (bicyclic) bond motifs is 4. The van der Waals surface area contributed by atoms with Gasteiger partial charge < -0.3 is 24.1 Å². The minimum atomic E-state index is -5.79. The SMILES string of the molecule is CCCC(=O)Oc1c(F)c(F)c(S(=O)(=O)[O-])c(F)c1F.O=C([O-])C[n+]1ccc(/C=C/c2ccc3c(c2)C2CCCC2N3c2ccc(C=C(c3ccccc3)c3ccccc3)cc2)c2ccccc21. The Balaban J connectivity index is 0.000000264. The van der Waals surface area contributed by atoms with Gasteiger partial charge in [-0.2, -0.15) is 13.3 Å². The van der Waals surface area contributed by atoms with Gasteiger partial charge in [-0.15, -0.1) is 0 Å². The highest BCUT2D eigenvalue weighted by Crippen LogP contribution is 2.52. The summed E-state index contributed by atoms with van der Waals surface area (Å²) < 4.78 is 90.7. The van der Waals surface area contributed by atoms with E-state index in [1.165, 1.54) is 71.0 Å². The smallest absolute Gasteiger partial charge is 0.311 e. The van der Waals surface area contributed by atoms with Gasteiger partial charge in [-0.1, -0.05) is 116 Å². The number of hydrogen-bond donors (Lipinski definition) is 0. The number of nitrogens with zero attached hydrogens (tertiary/aromatic N) is 2. The number of carboxylic acid groups (broad SMARTS) is 1. The van der Waals surface area contributed by atoms with Crippen LogP contribution in [0, 0.1) is 23.3 Å². The molecule has 346 valence electrons. The zero-order valence-electron chi connectivity index (χ0n) is 36.6. The highest BCUT2D eigenvalue weighted by molar-refractivity contribution is 7.85. The molecular weight excluding hydrogens is 897 g/mol. The summed E-state index contributed by atoms with van der Waals surface area (Å²) in [5.74, 6) is -12.9. The maximum absolute atomic E-state index is 13.4. The van der Waals surface area contributed by atoms with Crippen molar-refractivity contribution in [1.82, 2.24) is 0 Å². The normalized spacial score (nSPS) is 15.1. The maximum Gasteiger partial charge on any atom is 0.311 e. The van der Waals surface area contributed by atoms with Gasteiger partial charge in [0, 0.05) is 41.9 Å². The molecule has 2 aliphatic rings. The highest BCUT2D eigenvalue weighted by Gasteiger charge is 2.42. The van der Waals surface area contributed by atoms with Crippen molar-refractivity contribution in [1.29, 1.82) is 0 Å². The fourth-order valence-corrected chi connectivity index (χ4v) is 9.59. The second kappa shape index (κ2) is 20.2. The summed E-state index contributed by atoms with van der Waals surface area (Å²) in [5.41, 5.74) is 11.9. The highest BCUT2D eigenvalue weighted by atomic mass is 32.2. The van der Waals surface area contributed by atoms with Crippen molar-refractivity contribution in [2.24, 2.45) is 0 Å². The first kappa shape index (κ1) is 47.1. The van der Waals surface area contributed by atoms with E-state index in [1.807, 2.05) is 36.5 Å². The predicted octanol–water partition coefficient (Wildman–Crippen LogP) is 10.3. The van der Waals surface area contributed by atoms with E-state index >= 15 is 0 Å². The molecule has 1 fully saturated rings. The van der Waals surface area contributed by atoms with Crippen LogP contribution >= 0.6 is 0 Å². The van der Waals surface area contributed by atoms with Crippen LogP contribution in [0.15, 0.2) is 145 Å². The molecule has 68 heavy (non-hydrogen) atoms. The zero-order valence-corrected chi connectivity index (χ0v) is 37.4. The Hall–Kier alpha value is -7.42. The number of esters is 1. The van der Waals surface area contributed by atoms with E-state index in [-0.39, 0.29) is 19.4 Å². The van der Waals surface area contributed by atoms with Crippen molar-refractivity contribution >= 4 is 68.1 Å². The number of carbonyl (C=O) groups excluding carboxylic acids is 2. The van der Waals surface area contributed by atoms with Gasteiger partial charge in [-0.3, -0.25) is 4.79 Å². The number of aliphatic carboxylic acids is 1. The molecule has 6 aromatic carbocycles. The molecule has 2 heterocycles. The number of ether oxygens (including phenoxy) is 1. The van der Waals surface area contributed by atoms with Gasteiger partial charge >= 0.3 is 5.97 Å². The van der Waals surface area contributed by atoms with Crippen LogP contribution in [-0.4, -0.2) is 31.0 Å². The van der Waals surface area contributed by atoms with Crippen molar-refractivity contribution in [3.8, 4) is 5.75 Å². The number of halogens is 4. The molecule has 0 amide bonds. The maximum atomic E-state index is 13.4. The molecule has 2 unspecified atom stereocenters.